The number of rotatable bonds is 3. The molecule has 0 aliphatic rings. The molecule has 0 amide bonds. The maximum absolute atomic E-state index is 6.10. The molecule has 0 spiro atoms. The Labute approximate surface area is 126 Å². The van der Waals surface area contributed by atoms with Gasteiger partial charge in [-0.25, -0.2) is 4.98 Å². The van der Waals surface area contributed by atoms with Gasteiger partial charge < -0.3 is 11.1 Å². The molecule has 2 rings (SSSR count). The lowest BCUT2D eigenvalue weighted by Gasteiger charge is -2.12. The predicted octanol–water partition coefficient (Wildman–Crippen LogP) is 4.07. The Kier molecular flexibility index (Phi) is 4.24. The highest BCUT2D eigenvalue weighted by molar-refractivity contribution is 7.80. The second-order valence-corrected chi connectivity index (χ2v) is 5.25. The van der Waals surface area contributed by atoms with Crippen LogP contribution in [0.4, 0.5) is 11.5 Å². The summed E-state index contributed by atoms with van der Waals surface area (Å²) in [5.41, 5.74) is 7.85. The number of nitrogens with one attached hydrogen (secondary N) is 1. The summed E-state index contributed by atoms with van der Waals surface area (Å²) >= 11 is 17.1. The van der Waals surface area contributed by atoms with Gasteiger partial charge in [0.25, 0.3) is 0 Å². The van der Waals surface area contributed by atoms with Crippen molar-refractivity contribution in [3.05, 3.63) is 51.6 Å². The Balaban J connectivity index is 2.45. The fourth-order valence-electron chi connectivity index (χ4n) is 1.57. The fourth-order valence-corrected chi connectivity index (χ4v) is 2.07. The van der Waals surface area contributed by atoms with E-state index in [0.717, 1.165) is 5.69 Å². The highest BCUT2D eigenvalue weighted by Gasteiger charge is 2.09. The van der Waals surface area contributed by atoms with Gasteiger partial charge in [0.05, 0.1) is 16.3 Å². The van der Waals surface area contributed by atoms with E-state index in [1.165, 1.54) is 0 Å². The van der Waals surface area contributed by atoms with Crippen molar-refractivity contribution in [2.45, 2.75) is 6.92 Å². The fraction of sp³-hybridized carbons (Fsp3) is 0.0769. The smallest absolute Gasteiger partial charge is 0.140 e. The molecule has 0 saturated heterocycles. The van der Waals surface area contributed by atoms with Crippen molar-refractivity contribution in [1.29, 1.82) is 0 Å². The maximum Gasteiger partial charge on any atom is 0.140 e. The van der Waals surface area contributed by atoms with Gasteiger partial charge in [-0.2, -0.15) is 0 Å². The molecule has 0 aliphatic heterocycles. The molecule has 6 heteroatoms. The molecule has 19 heavy (non-hydrogen) atoms. The van der Waals surface area contributed by atoms with Crippen molar-refractivity contribution in [1.82, 2.24) is 4.98 Å². The van der Waals surface area contributed by atoms with Crippen LogP contribution in [0.3, 0.4) is 0 Å². The third-order valence-electron chi connectivity index (χ3n) is 2.48. The van der Waals surface area contributed by atoms with E-state index in [-0.39, 0.29) is 4.99 Å². The molecule has 1 aromatic heterocycles. The Morgan fingerprint density at radius 1 is 1.26 bits per heavy atom. The van der Waals surface area contributed by atoms with Crippen molar-refractivity contribution in [3.8, 4) is 0 Å². The van der Waals surface area contributed by atoms with Gasteiger partial charge in [-0.15, -0.1) is 0 Å². The minimum Gasteiger partial charge on any atom is -0.389 e. The number of thiocarbonyl (C=S) groups is 1. The summed E-state index contributed by atoms with van der Waals surface area (Å²) in [4.78, 5) is 4.65. The number of halogens is 2. The standard InChI is InChI=1S/C13H11Cl2N3S/c1-7-2-4-9(12(16)19)13(17-7)18-11-6-8(14)3-5-10(11)15/h2-6H,1H3,(H2,16,19)(H,17,18). The SMILES string of the molecule is Cc1ccc(C(N)=S)c(Nc2cc(Cl)ccc2Cl)n1. The summed E-state index contributed by atoms with van der Waals surface area (Å²) < 4.78 is 0. The molecule has 98 valence electrons. The number of hydrogen-bond acceptors (Lipinski definition) is 3. The van der Waals surface area contributed by atoms with Gasteiger partial charge in [-0.1, -0.05) is 35.4 Å². The van der Waals surface area contributed by atoms with Crippen molar-refractivity contribution >= 4 is 51.9 Å². The normalized spacial score (nSPS) is 10.3. The topological polar surface area (TPSA) is 50.9 Å². The molecule has 1 heterocycles. The maximum atomic E-state index is 6.10. The summed E-state index contributed by atoms with van der Waals surface area (Å²) in [7, 11) is 0. The lowest BCUT2D eigenvalue weighted by atomic mass is 10.2. The molecule has 2 aromatic rings. The van der Waals surface area contributed by atoms with Crippen LogP contribution in [0.15, 0.2) is 30.3 Å². The summed E-state index contributed by atoms with van der Waals surface area (Å²) in [6, 6.07) is 8.82. The van der Waals surface area contributed by atoms with E-state index in [2.05, 4.69) is 10.3 Å². The summed E-state index contributed by atoms with van der Waals surface area (Å²) in [5.74, 6) is 0.566. The van der Waals surface area contributed by atoms with E-state index in [1.807, 2.05) is 19.1 Å². The Hall–Kier alpha value is -1.36. The summed E-state index contributed by atoms with van der Waals surface area (Å²) in [6.45, 7) is 1.88. The summed E-state index contributed by atoms with van der Waals surface area (Å²) in [6.07, 6.45) is 0. The first-order valence-electron chi connectivity index (χ1n) is 5.47. The Morgan fingerprint density at radius 3 is 2.68 bits per heavy atom. The lowest BCUT2D eigenvalue weighted by Crippen LogP contribution is -2.13. The van der Waals surface area contributed by atoms with E-state index in [1.54, 1.807) is 18.2 Å². The van der Waals surface area contributed by atoms with Crippen LogP contribution in [0.25, 0.3) is 0 Å². The number of aromatic nitrogens is 1. The minimum absolute atomic E-state index is 0.271. The third kappa shape index (κ3) is 3.35. The van der Waals surface area contributed by atoms with Gasteiger partial charge in [-0.05, 0) is 37.3 Å². The van der Waals surface area contributed by atoms with E-state index >= 15 is 0 Å². The molecular formula is C13H11Cl2N3S. The average Bonchev–Trinajstić information content (AvgIpc) is 2.33. The van der Waals surface area contributed by atoms with Gasteiger partial charge in [0.2, 0.25) is 0 Å². The summed E-state index contributed by atoms with van der Waals surface area (Å²) in [5, 5.41) is 4.23. The van der Waals surface area contributed by atoms with E-state index in [9.17, 15) is 0 Å². The Bertz CT molecular complexity index is 644. The molecule has 0 atom stereocenters. The van der Waals surface area contributed by atoms with Crippen molar-refractivity contribution in [3.63, 3.8) is 0 Å². The number of benzene rings is 1. The number of nitrogens with two attached hydrogens (primary N) is 1. The molecule has 3 N–H and O–H groups in total. The van der Waals surface area contributed by atoms with Gasteiger partial charge in [-0.3, -0.25) is 0 Å². The lowest BCUT2D eigenvalue weighted by molar-refractivity contribution is 1.19. The van der Waals surface area contributed by atoms with E-state index in [4.69, 9.17) is 41.2 Å². The molecular weight excluding hydrogens is 301 g/mol. The first-order chi connectivity index (χ1) is 8.97. The number of aryl methyl sites for hydroxylation is 1. The number of anilines is 2. The first-order valence-corrected chi connectivity index (χ1v) is 6.63. The molecule has 1 aromatic carbocycles. The number of nitrogens with zero attached hydrogens (tertiary/aromatic N) is 1. The molecule has 0 aliphatic carbocycles. The second kappa shape index (κ2) is 5.74. The monoisotopic (exact) mass is 311 g/mol. The van der Waals surface area contributed by atoms with E-state index in [0.29, 0.717) is 27.1 Å². The van der Waals surface area contributed by atoms with Crippen LogP contribution in [0.5, 0.6) is 0 Å². The van der Waals surface area contributed by atoms with Crippen LogP contribution in [0.1, 0.15) is 11.3 Å². The van der Waals surface area contributed by atoms with Gasteiger partial charge >= 0.3 is 0 Å². The highest BCUT2D eigenvalue weighted by atomic mass is 35.5. The van der Waals surface area contributed by atoms with Crippen LogP contribution >= 0.6 is 35.4 Å². The van der Waals surface area contributed by atoms with Gasteiger partial charge in [0.15, 0.2) is 0 Å². The van der Waals surface area contributed by atoms with Crippen LogP contribution in [-0.2, 0) is 0 Å². The van der Waals surface area contributed by atoms with Crippen molar-refractivity contribution in [2.75, 3.05) is 5.32 Å². The van der Waals surface area contributed by atoms with Crippen LogP contribution in [0.2, 0.25) is 10.0 Å². The second-order valence-electron chi connectivity index (χ2n) is 3.96. The van der Waals surface area contributed by atoms with Gasteiger partial charge in [0.1, 0.15) is 10.8 Å². The van der Waals surface area contributed by atoms with E-state index < -0.39 is 0 Å². The molecule has 0 bridgehead atoms. The van der Waals surface area contributed by atoms with Crippen LogP contribution in [-0.4, -0.2) is 9.97 Å². The van der Waals surface area contributed by atoms with Crippen molar-refractivity contribution in [2.24, 2.45) is 5.73 Å². The molecule has 0 saturated carbocycles. The molecule has 0 unspecified atom stereocenters. The zero-order valence-corrected chi connectivity index (χ0v) is 12.4. The predicted molar refractivity (Wildman–Crippen MR) is 84.6 cm³/mol. The third-order valence-corrected chi connectivity index (χ3v) is 3.27. The molecule has 3 nitrogen and oxygen atoms in total. The molecule has 0 radical (unpaired) electrons. The largest absolute Gasteiger partial charge is 0.389 e. The highest BCUT2D eigenvalue weighted by Crippen LogP contribution is 2.29. The zero-order chi connectivity index (χ0) is 14.0. The number of hydrogen-bond donors (Lipinski definition) is 2. The first kappa shape index (κ1) is 14.1. The van der Waals surface area contributed by atoms with Crippen LogP contribution < -0.4 is 11.1 Å². The van der Waals surface area contributed by atoms with Crippen LogP contribution in [0, 0.1) is 6.92 Å². The quantitative estimate of drug-likeness (QED) is 0.839. The number of pyridine rings is 1. The van der Waals surface area contributed by atoms with Gasteiger partial charge in [0, 0.05) is 10.7 Å². The molecule has 0 fully saturated rings. The van der Waals surface area contributed by atoms with Crippen molar-refractivity contribution < 1.29 is 0 Å². The Morgan fingerprint density at radius 2 is 2.00 bits per heavy atom. The minimum atomic E-state index is 0.271. The average molecular weight is 312 g/mol. The zero-order valence-electron chi connectivity index (χ0n) is 10.1.